The highest BCUT2D eigenvalue weighted by Gasteiger charge is 2.25. The number of aryl methyl sites for hydroxylation is 2. The average Bonchev–Trinajstić information content (AvgIpc) is 2.61. The molecule has 0 saturated carbocycles. The number of hydrogen-bond donors (Lipinski definition) is 1. The predicted molar refractivity (Wildman–Crippen MR) is 96.1 cm³/mol. The first-order valence-electron chi connectivity index (χ1n) is 8.79. The van der Waals surface area contributed by atoms with E-state index in [1.54, 1.807) is 0 Å². The van der Waals surface area contributed by atoms with Gasteiger partial charge in [-0.25, -0.2) is 0 Å². The van der Waals surface area contributed by atoms with Gasteiger partial charge in [-0.15, -0.1) is 0 Å². The highest BCUT2D eigenvalue weighted by Crippen LogP contribution is 2.29. The summed E-state index contributed by atoms with van der Waals surface area (Å²) in [6.45, 7) is 3.98. The van der Waals surface area contributed by atoms with Crippen molar-refractivity contribution in [3.63, 3.8) is 0 Å². The lowest BCUT2D eigenvalue weighted by molar-refractivity contribution is -0.129. The van der Waals surface area contributed by atoms with Crippen LogP contribution in [0.15, 0.2) is 48.5 Å². The molecule has 126 valence electrons. The van der Waals surface area contributed by atoms with Gasteiger partial charge in [0.05, 0.1) is 6.04 Å². The molecule has 3 heteroatoms. The second-order valence-electron chi connectivity index (χ2n) is 6.43. The first-order chi connectivity index (χ1) is 11.7. The van der Waals surface area contributed by atoms with Crippen molar-refractivity contribution in [2.45, 2.75) is 51.7 Å². The van der Waals surface area contributed by atoms with Gasteiger partial charge in [0.1, 0.15) is 5.75 Å². The van der Waals surface area contributed by atoms with Crippen molar-refractivity contribution in [1.82, 2.24) is 5.32 Å². The lowest BCUT2D eigenvalue weighted by Crippen LogP contribution is -2.41. The Kier molecular flexibility index (Phi) is 5.19. The maximum absolute atomic E-state index is 12.7. The maximum atomic E-state index is 12.7. The number of fused-ring (bicyclic) bond motifs is 1. The molecule has 1 amide bonds. The van der Waals surface area contributed by atoms with E-state index in [2.05, 4.69) is 23.5 Å². The molecule has 0 saturated heterocycles. The zero-order valence-electron chi connectivity index (χ0n) is 14.4. The van der Waals surface area contributed by atoms with E-state index >= 15 is 0 Å². The lowest BCUT2D eigenvalue weighted by atomic mass is 9.87. The third kappa shape index (κ3) is 3.61. The van der Waals surface area contributed by atoms with Gasteiger partial charge >= 0.3 is 0 Å². The first-order valence-corrected chi connectivity index (χ1v) is 8.79. The van der Waals surface area contributed by atoms with Crippen LogP contribution >= 0.6 is 0 Å². The quantitative estimate of drug-likeness (QED) is 0.888. The Morgan fingerprint density at radius 2 is 1.96 bits per heavy atom. The van der Waals surface area contributed by atoms with Crippen molar-refractivity contribution < 1.29 is 9.53 Å². The molecule has 2 aromatic rings. The van der Waals surface area contributed by atoms with E-state index in [-0.39, 0.29) is 11.9 Å². The maximum Gasteiger partial charge on any atom is 0.261 e. The van der Waals surface area contributed by atoms with Gasteiger partial charge < -0.3 is 10.1 Å². The molecule has 0 heterocycles. The molecule has 2 atom stereocenters. The van der Waals surface area contributed by atoms with E-state index in [0.29, 0.717) is 6.42 Å². The number of rotatable bonds is 5. The molecule has 0 spiro atoms. The number of hydrogen-bond acceptors (Lipinski definition) is 2. The largest absolute Gasteiger partial charge is 0.480 e. The van der Waals surface area contributed by atoms with Crippen molar-refractivity contribution in [2.24, 2.45) is 0 Å². The Balaban J connectivity index is 1.71. The van der Waals surface area contributed by atoms with E-state index in [0.717, 1.165) is 30.6 Å². The number of amides is 1. The topological polar surface area (TPSA) is 38.3 Å². The number of nitrogens with one attached hydrogen (secondary N) is 1. The third-order valence-corrected chi connectivity index (χ3v) is 4.71. The molecule has 1 N–H and O–H groups in total. The molecule has 24 heavy (non-hydrogen) atoms. The summed E-state index contributed by atoms with van der Waals surface area (Å²) in [5, 5.41) is 3.20. The molecule has 1 aliphatic rings. The Labute approximate surface area is 144 Å². The van der Waals surface area contributed by atoms with E-state index < -0.39 is 6.10 Å². The molecule has 0 radical (unpaired) electrons. The number of carbonyl (C=O) groups is 1. The fraction of sp³-hybridized carbons (Fsp3) is 0.381. The van der Waals surface area contributed by atoms with E-state index in [1.165, 1.54) is 11.1 Å². The van der Waals surface area contributed by atoms with Gasteiger partial charge in [0.25, 0.3) is 5.91 Å². The second-order valence-corrected chi connectivity index (χ2v) is 6.43. The van der Waals surface area contributed by atoms with Crippen molar-refractivity contribution >= 4 is 5.91 Å². The number of carbonyl (C=O) groups excluding carboxylic acids is 1. The van der Waals surface area contributed by atoms with Crippen LogP contribution in [-0.2, 0) is 11.2 Å². The van der Waals surface area contributed by atoms with Crippen LogP contribution in [0, 0.1) is 6.92 Å². The molecular formula is C21H25NO2. The van der Waals surface area contributed by atoms with Gasteiger partial charge in [0, 0.05) is 0 Å². The SMILES string of the molecule is CCC(Oc1ccccc1C)C(=O)NC1CCCc2ccccc21. The summed E-state index contributed by atoms with van der Waals surface area (Å²) < 4.78 is 5.97. The zero-order chi connectivity index (χ0) is 16.9. The fourth-order valence-corrected chi connectivity index (χ4v) is 3.33. The predicted octanol–water partition coefficient (Wildman–Crippen LogP) is 4.35. The Morgan fingerprint density at radius 3 is 2.75 bits per heavy atom. The number of ether oxygens (including phenoxy) is 1. The summed E-state index contributed by atoms with van der Waals surface area (Å²) in [5.74, 6) is 0.756. The van der Waals surface area contributed by atoms with Gasteiger partial charge in [0.15, 0.2) is 6.10 Å². The third-order valence-electron chi connectivity index (χ3n) is 4.71. The minimum atomic E-state index is -0.458. The molecule has 2 unspecified atom stereocenters. The van der Waals surface area contributed by atoms with Crippen LogP contribution in [0.25, 0.3) is 0 Å². The van der Waals surface area contributed by atoms with Crippen LogP contribution in [-0.4, -0.2) is 12.0 Å². The summed E-state index contributed by atoms with van der Waals surface area (Å²) >= 11 is 0. The van der Waals surface area contributed by atoms with Crippen LogP contribution in [0.5, 0.6) is 5.75 Å². The molecule has 3 nitrogen and oxygen atoms in total. The van der Waals surface area contributed by atoms with E-state index in [1.807, 2.05) is 44.2 Å². The molecule has 1 aliphatic carbocycles. The normalized spacial score (nSPS) is 17.7. The van der Waals surface area contributed by atoms with Crippen LogP contribution in [0.4, 0.5) is 0 Å². The smallest absolute Gasteiger partial charge is 0.261 e. The van der Waals surface area contributed by atoms with Crippen LogP contribution in [0.1, 0.15) is 48.9 Å². The minimum Gasteiger partial charge on any atom is -0.480 e. The molecule has 0 aromatic heterocycles. The highest BCUT2D eigenvalue weighted by atomic mass is 16.5. The molecule has 2 aromatic carbocycles. The van der Waals surface area contributed by atoms with Gasteiger partial charge in [-0.1, -0.05) is 49.4 Å². The van der Waals surface area contributed by atoms with Crippen molar-refractivity contribution in [3.8, 4) is 5.75 Å². The molecular weight excluding hydrogens is 298 g/mol. The average molecular weight is 323 g/mol. The van der Waals surface area contributed by atoms with E-state index in [9.17, 15) is 4.79 Å². The monoisotopic (exact) mass is 323 g/mol. The van der Waals surface area contributed by atoms with Crippen LogP contribution < -0.4 is 10.1 Å². The van der Waals surface area contributed by atoms with Gasteiger partial charge in [-0.05, 0) is 55.4 Å². The first kappa shape index (κ1) is 16.6. The summed E-state index contributed by atoms with van der Waals surface area (Å²) in [4.78, 5) is 12.7. The number of benzene rings is 2. The fourth-order valence-electron chi connectivity index (χ4n) is 3.33. The Hall–Kier alpha value is -2.29. The van der Waals surface area contributed by atoms with Crippen LogP contribution in [0.2, 0.25) is 0 Å². The molecule has 0 bridgehead atoms. The van der Waals surface area contributed by atoms with Crippen LogP contribution in [0.3, 0.4) is 0 Å². The Bertz CT molecular complexity index is 710. The zero-order valence-corrected chi connectivity index (χ0v) is 14.4. The lowest BCUT2D eigenvalue weighted by Gasteiger charge is -2.28. The highest BCUT2D eigenvalue weighted by molar-refractivity contribution is 5.81. The molecule has 3 rings (SSSR count). The van der Waals surface area contributed by atoms with Crippen molar-refractivity contribution in [1.29, 1.82) is 0 Å². The van der Waals surface area contributed by atoms with Crippen molar-refractivity contribution in [3.05, 3.63) is 65.2 Å². The molecule has 0 aliphatic heterocycles. The number of para-hydroxylation sites is 1. The minimum absolute atomic E-state index is 0.0255. The standard InChI is InChI=1S/C21H25NO2/c1-3-19(24-20-14-7-4-9-15(20)2)21(23)22-18-13-8-11-16-10-5-6-12-17(16)18/h4-7,9-10,12,14,18-19H,3,8,11,13H2,1-2H3,(H,22,23). The summed E-state index contributed by atoms with van der Waals surface area (Å²) in [5.41, 5.74) is 3.65. The summed E-state index contributed by atoms with van der Waals surface area (Å²) in [7, 11) is 0. The van der Waals surface area contributed by atoms with E-state index in [4.69, 9.17) is 4.74 Å². The van der Waals surface area contributed by atoms with Gasteiger partial charge in [-0.2, -0.15) is 0 Å². The molecule has 0 fully saturated rings. The Morgan fingerprint density at radius 1 is 1.21 bits per heavy atom. The summed E-state index contributed by atoms with van der Waals surface area (Å²) in [6.07, 6.45) is 3.38. The second kappa shape index (κ2) is 7.52. The van der Waals surface area contributed by atoms with Crippen molar-refractivity contribution in [2.75, 3.05) is 0 Å². The summed E-state index contributed by atoms with van der Waals surface area (Å²) in [6, 6.07) is 16.3. The van der Waals surface area contributed by atoms with Gasteiger partial charge in [-0.3, -0.25) is 4.79 Å². The van der Waals surface area contributed by atoms with Gasteiger partial charge in [0.2, 0.25) is 0 Å².